The SMILES string of the molecule is Cc1ccc(-n2nc(C(C)(C)C)cc2NC(=O)N[C@H]2CC[C@@H](Oc3ccc4nnc([C@@H]5CCCN5C)n4c3)c3ccccc32)cc1C. The molecule has 0 radical (unpaired) electrons. The van der Waals surface area contributed by atoms with Gasteiger partial charge in [0.05, 0.1) is 29.7 Å². The van der Waals surface area contributed by atoms with Crippen LogP contribution in [0.1, 0.15) is 98.4 Å². The van der Waals surface area contributed by atoms with Gasteiger partial charge in [-0.2, -0.15) is 5.10 Å². The number of hydrogen-bond acceptors (Lipinski definition) is 6. The van der Waals surface area contributed by atoms with Gasteiger partial charge in [0, 0.05) is 11.5 Å². The minimum absolute atomic E-state index is 0.139. The summed E-state index contributed by atoms with van der Waals surface area (Å²) in [6.07, 6.45) is 5.61. The van der Waals surface area contributed by atoms with E-state index < -0.39 is 0 Å². The molecule has 1 saturated heterocycles. The number of benzene rings is 2. The molecule has 7 rings (SSSR count). The van der Waals surface area contributed by atoms with Crippen molar-refractivity contribution >= 4 is 17.5 Å². The fraction of sp³-hybridized carbons (Fsp3) is 0.405. The number of carbonyl (C=O) groups excluding carboxylic acids is 1. The summed E-state index contributed by atoms with van der Waals surface area (Å²) in [6.45, 7) is 11.6. The Balaban J connectivity index is 1.10. The number of aryl methyl sites for hydroxylation is 2. The highest BCUT2D eigenvalue weighted by atomic mass is 16.5. The van der Waals surface area contributed by atoms with Gasteiger partial charge in [-0.05, 0) is 99.6 Å². The summed E-state index contributed by atoms with van der Waals surface area (Å²) in [6, 6.07) is 20.2. The van der Waals surface area contributed by atoms with E-state index in [9.17, 15) is 4.79 Å². The molecule has 3 atom stereocenters. The lowest BCUT2D eigenvalue weighted by Gasteiger charge is -2.32. The number of pyridine rings is 1. The number of nitrogens with zero attached hydrogens (tertiary/aromatic N) is 6. The van der Waals surface area contributed by atoms with Gasteiger partial charge in [-0.15, -0.1) is 10.2 Å². The second kappa shape index (κ2) is 12.2. The zero-order valence-electron chi connectivity index (χ0n) is 28.1. The summed E-state index contributed by atoms with van der Waals surface area (Å²) < 4.78 is 10.5. The molecular weight excluding hydrogens is 588 g/mol. The second-order valence-corrected chi connectivity index (χ2v) is 14.1. The van der Waals surface area contributed by atoms with Gasteiger partial charge in [-0.25, -0.2) is 9.48 Å². The topological polar surface area (TPSA) is 102 Å². The summed E-state index contributed by atoms with van der Waals surface area (Å²) in [5.41, 5.74) is 6.99. The van der Waals surface area contributed by atoms with Crippen LogP contribution in [-0.4, -0.2) is 48.9 Å². The summed E-state index contributed by atoms with van der Waals surface area (Å²) in [7, 11) is 2.14. The Morgan fingerprint density at radius 2 is 1.74 bits per heavy atom. The molecule has 2 amide bonds. The number of amides is 2. The smallest absolute Gasteiger partial charge is 0.320 e. The summed E-state index contributed by atoms with van der Waals surface area (Å²) in [4.78, 5) is 15.9. The van der Waals surface area contributed by atoms with Gasteiger partial charge in [0.15, 0.2) is 11.5 Å². The van der Waals surface area contributed by atoms with Crippen LogP contribution in [0.5, 0.6) is 5.75 Å². The second-order valence-electron chi connectivity index (χ2n) is 14.1. The monoisotopic (exact) mass is 632 g/mol. The number of aromatic nitrogens is 5. The summed E-state index contributed by atoms with van der Waals surface area (Å²) in [5, 5.41) is 20.2. The van der Waals surface area contributed by atoms with E-state index in [2.05, 4.69) is 96.1 Å². The van der Waals surface area contributed by atoms with Crippen LogP contribution < -0.4 is 15.4 Å². The van der Waals surface area contributed by atoms with E-state index in [0.717, 1.165) is 72.0 Å². The lowest BCUT2D eigenvalue weighted by atomic mass is 9.85. The van der Waals surface area contributed by atoms with E-state index >= 15 is 0 Å². The number of nitrogens with one attached hydrogen (secondary N) is 2. The molecule has 1 aliphatic carbocycles. The maximum atomic E-state index is 13.6. The Labute approximate surface area is 276 Å². The number of carbonyl (C=O) groups is 1. The molecule has 10 nitrogen and oxygen atoms in total. The molecule has 0 spiro atoms. The van der Waals surface area contributed by atoms with Crippen LogP contribution >= 0.6 is 0 Å². The Morgan fingerprint density at radius 3 is 2.49 bits per heavy atom. The normalized spacial score (nSPS) is 19.9. The van der Waals surface area contributed by atoms with Crippen LogP contribution in [0.3, 0.4) is 0 Å². The third-order valence-corrected chi connectivity index (χ3v) is 9.69. The lowest BCUT2D eigenvalue weighted by Crippen LogP contribution is -2.36. The first-order valence-corrected chi connectivity index (χ1v) is 16.6. The highest BCUT2D eigenvalue weighted by Gasteiger charge is 2.31. The van der Waals surface area contributed by atoms with Crippen LogP contribution in [0, 0.1) is 13.8 Å². The Hall–Kier alpha value is -4.70. The molecule has 3 aromatic heterocycles. The standard InChI is InChI=1S/C37H44N8O2/c1-23-13-14-25(20-24(23)2)45-34(21-32(42-45)37(3,4)5)39-36(46)38-29-16-17-31(28-11-8-7-10-27(28)29)47-26-15-18-33-40-41-35(44(33)22-26)30-12-9-19-43(30)6/h7-8,10-11,13-15,18,20-22,29-31H,9,12,16-17,19H2,1-6H3,(H2,38,39,46)/t29-,30-,31+/m0/s1. The molecule has 4 heterocycles. The van der Waals surface area contributed by atoms with Crippen molar-refractivity contribution in [2.45, 2.75) is 83.9 Å². The highest BCUT2D eigenvalue weighted by molar-refractivity contribution is 5.89. The molecular formula is C37H44N8O2. The quantitative estimate of drug-likeness (QED) is 0.203. The van der Waals surface area contributed by atoms with Crippen LogP contribution in [-0.2, 0) is 5.41 Å². The molecule has 2 N–H and O–H groups in total. The van der Waals surface area contributed by atoms with Crippen LogP contribution in [0.4, 0.5) is 10.6 Å². The van der Waals surface area contributed by atoms with Gasteiger partial charge in [0.25, 0.3) is 0 Å². The first-order chi connectivity index (χ1) is 22.5. The molecule has 244 valence electrons. The van der Waals surface area contributed by atoms with Crippen molar-refractivity contribution in [2.75, 3.05) is 18.9 Å². The van der Waals surface area contributed by atoms with Crippen LogP contribution in [0.15, 0.2) is 66.9 Å². The Kier molecular flexibility index (Phi) is 8.00. The van der Waals surface area contributed by atoms with E-state index in [0.29, 0.717) is 5.82 Å². The van der Waals surface area contributed by atoms with Gasteiger partial charge < -0.3 is 10.1 Å². The molecule has 47 heavy (non-hydrogen) atoms. The Bertz CT molecular complexity index is 1940. The van der Waals surface area contributed by atoms with Crippen LogP contribution in [0.2, 0.25) is 0 Å². The van der Waals surface area contributed by atoms with Crippen molar-refractivity contribution in [2.24, 2.45) is 0 Å². The number of rotatable bonds is 6. The zero-order valence-corrected chi connectivity index (χ0v) is 28.1. The fourth-order valence-corrected chi connectivity index (χ4v) is 6.81. The molecule has 10 heteroatoms. The molecule has 1 aliphatic heterocycles. The number of likely N-dealkylation sites (tertiary alicyclic amines) is 1. The van der Waals surface area contributed by atoms with Gasteiger partial charge >= 0.3 is 6.03 Å². The minimum Gasteiger partial charge on any atom is -0.484 e. The molecule has 0 bridgehead atoms. The number of hydrogen-bond donors (Lipinski definition) is 2. The highest BCUT2D eigenvalue weighted by Crippen LogP contribution is 2.39. The van der Waals surface area contributed by atoms with Crippen molar-refractivity contribution in [3.8, 4) is 11.4 Å². The molecule has 0 saturated carbocycles. The van der Waals surface area contributed by atoms with Crippen LogP contribution in [0.25, 0.3) is 11.3 Å². The van der Waals surface area contributed by atoms with Crippen molar-refractivity contribution < 1.29 is 9.53 Å². The molecule has 0 unspecified atom stereocenters. The van der Waals surface area contributed by atoms with Crippen molar-refractivity contribution in [3.63, 3.8) is 0 Å². The fourth-order valence-electron chi connectivity index (χ4n) is 6.81. The first kappa shape index (κ1) is 30.9. The third kappa shape index (κ3) is 6.10. The number of fused-ring (bicyclic) bond motifs is 2. The van der Waals surface area contributed by atoms with E-state index in [4.69, 9.17) is 9.84 Å². The molecule has 2 aromatic carbocycles. The van der Waals surface area contributed by atoms with Crippen molar-refractivity contribution in [1.82, 2.24) is 34.6 Å². The third-order valence-electron chi connectivity index (χ3n) is 9.69. The number of urea groups is 1. The predicted octanol–water partition coefficient (Wildman–Crippen LogP) is 7.37. The van der Waals surface area contributed by atoms with Gasteiger partial charge in [-0.1, -0.05) is 51.1 Å². The largest absolute Gasteiger partial charge is 0.484 e. The zero-order chi connectivity index (χ0) is 32.9. The molecule has 1 fully saturated rings. The van der Waals surface area contributed by atoms with Crippen molar-refractivity contribution in [1.29, 1.82) is 0 Å². The maximum Gasteiger partial charge on any atom is 0.320 e. The maximum absolute atomic E-state index is 13.6. The van der Waals surface area contributed by atoms with E-state index in [1.807, 2.05) is 47.3 Å². The van der Waals surface area contributed by atoms with Gasteiger partial charge in [0.1, 0.15) is 17.7 Å². The summed E-state index contributed by atoms with van der Waals surface area (Å²) in [5.74, 6) is 2.36. The molecule has 2 aliphatic rings. The lowest BCUT2D eigenvalue weighted by molar-refractivity contribution is 0.171. The van der Waals surface area contributed by atoms with Gasteiger partial charge in [0.2, 0.25) is 0 Å². The summed E-state index contributed by atoms with van der Waals surface area (Å²) >= 11 is 0. The first-order valence-electron chi connectivity index (χ1n) is 16.6. The Morgan fingerprint density at radius 1 is 0.936 bits per heavy atom. The van der Waals surface area contributed by atoms with E-state index in [1.165, 1.54) is 11.1 Å². The van der Waals surface area contributed by atoms with E-state index in [1.54, 1.807) is 0 Å². The average Bonchev–Trinajstić information content (AvgIpc) is 3.78. The minimum atomic E-state index is -0.267. The molecule has 5 aromatic rings. The number of ether oxygens (including phenoxy) is 1. The number of anilines is 1. The average molecular weight is 633 g/mol. The van der Waals surface area contributed by atoms with Gasteiger partial charge in [-0.3, -0.25) is 14.6 Å². The van der Waals surface area contributed by atoms with E-state index in [-0.39, 0.29) is 29.6 Å². The predicted molar refractivity (Wildman–Crippen MR) is 183 cm³/mol. The van der Waals surface area contributed by atoms with Crippen molar-refractivity contribution in [3.05, 3.63) is 101 Å².